The van der Waals surface area contributed by atoms with Crippen molar-refractivity contribution in [2.45, 2.75) is 6.42 Å². The largest absolute Gasteiger partial charge is 0.378 e. The number of piperazine rings is 1. The first kappa shape index (κ1) is 26.5. The molecule has 3 aromatic rings. The number of hydrogen-bond acceptors (Lipinski definition) is 8. The summed E-state index contributed by atoms with van der Waals surface area (Å²) in [6.07, 6.45) is 1.82. The van der Waals surface area contributed by atoms with Gasteiger partial charge in [0, 0.05) is 58.1 Å². The normalized spacial score (nSPS) is 16.3. The Hall–Kier alpha value is -4.09. The molecule has 2 aliphatic heterocycles. The minimum Gasteiger partial charge on any atom is -0.378 e. The van der Waals surface area contributed by atoms with Gasteiger partial charge in [0.1, 0.15) is 11.5 Å². The Morgan fingerprint density at radius 1 is 0.949 bits per heavy atom. The molecule has 11 heteroatoms. The molecule has 1 aromatic carbocycles. The van der Waals surface area contributed by atoms with Gasteiger partial charge in [0.15, 0.2) is 0 Å². The first-order valence-electron chi connectivity index (χ1n) is 13.1. The lowest BCUT2D eigenvalue weighted by molar-refractivity contribution is -0.132. The fourth-order valence-corrected chi connectivity index (χ4v) is 4.70. The summed E-state index contributed by atoms with van der Waals surface area (Å²) < 4.78 is 6.58. The fourth-order valence-electron chi connectivity index (χ4n) is 4.70. The van der Waals surface area contributed by atoms with E-state index in [0.717, 1.165) is 37.3 Å². The van der Waals surface area contributed by atoms with Crippen molar-refractivity contribution in [1.82, 2.24) is 29.5 Å². The molecule has 0 aliphatic carbocycles. The van der Waals surface area contributed by atoms with Crippen molar-refractivity contribution in [3.8, 4) is 11.3 Å². The van der Waals surface area contributed by atoms with Gasteiger partial charge in [-0.3, -0.25) is 14.4 Å². The number of aromatic nitrogens is 3. The summed E-state index contributed by atoms with van der Waals surface area (Å²) in [5, 5.41) is 7.50. The van der Waals surface area contributed by atoms with Crippen molar-refractivity contribution in [3.63, 3.8) is 0 Å². The van der Waals surface area contributed by atoms with E-state index in [1.807, 2.05) is 29.2 Å². The number of morpholine rings is 1. The molecule has 0 saturated carbocycles. The molecule has 2 aromatic heterocycles. The molecule has 0 spiro atoms. The highest BCUT2D eigenvalue weighted by Gasteiger charge is 2.20. The number of carbonyl (C=O) groups excluding carboxylic acids is 2. The fraction of sp³-hybridized carbons (Fsp3) is 0.393. The van der Waals surface area contributed by atoms with Gasteiger partial charge in [0.2, 0.25) is 5.91 Å². The minimum atomic E-state index is -0.310. The Bertz CT molecular complexity index is 1390. The summed E-state index contributed by atoms with van der Waals surface area (Å²) in [5.74, 6) is 0.456. The third kappa shape index (κ3) is 6.32. The maximum atomic E-state index is 12.8. The molecule has 1 N–H and O–H groups in total. The van der Waals surface area contributed by atoms with E-state index in [-0.39, 0.29) is 17.4 Å². The van der Waals surface area contributed by atoms with Gasteiger partial charge < -0.3 is 24.8 Å². The van der Waals surface area contributed by atoms with Gasteiger partial charge in [-0.25, -0.2) is 9.67 Å². The summed E-state index contributed by atoms with van der Waals surface area (Å²) in [6, 6.07) is 12.7. The highest BCUT2D eigenvalue weighted by molar-refractivity contribution is 5.94. The van der Waals surface area contributed by atoms with Crippen LogP contribution in [0.3, 0.4) is 0 Å². The molecular weight excluding hydrogens is 498 g/mol. The minimum absolute atomic E-state index is 0.0922. The van der Waals surface area contributed by atoms with Crippen LogP contribution < -0.4 is 10.9 Å². The number of amides is 2. The number of ether oxygens (including phenoxy) is 1. The summed E-state index contributed by atoms with van der Waals surface area (Å²) >= 11 is 0. The topological polar surface area (TPSA) is 113 Å². The van der Waals surface area contributed by atoms with Gasteiger partial charge in [0.05, 0.1) is 30.9 Å². The first-order chi connectivity index (χ1) is 18.9. The van der Waals surface area contributed by atoms with Gasteiger partial charge in [-0.2, -0.15) is 5.10 Å². The van der Waals surface area contributed by atoms with Crippen LogP contribution in [-0.4, -0.2) is 101 Å². The molecular formula is C28H33N7O4. The van der Waals surface area contributed by atoms with E-state index in [9.17, 15) is 14.4 Å². The van der Waals surface area contributed by atoms with Crippen molar-refractivity contribution >= 4 is 23.3 Å². The van der Waals surface area contributed by atoms with Crippen LogP contribution in [0.1, 0.15) is 15.9 Å². The van der Waals surface area contributed by atoms with Crippen molar-refractivity contribution in [1.29, 1.82) is 0 Å². The molecule has 0 unspecified atom stereocenters. The average Bonchev–Trinajstić information content (AvgIpc) is 2.96. The Balaban J connectivity index is 1.30. The predicted octanol–water partition coefficient (Wildman–Crippen LogP) is 1.37. The second-order valence-corrected chi connectivity index (χ2v) is 9.89. The van der Waals surface area contributed by atoms with E-state index < -0.39 is 0 Å². The number of aryl methyl sites for hydroxylation is 1. The molecule has 2 amide bonds. The van der Waals surface area contributed by atoms with Crippen LogP contribution in [0.5, 0.6) is 0 Å². The third-order valence-corrected chi connectivity index (χ3v) is 7.07. The van der Waals surface area contributed by atoms with Crippen molar-refractivity contribution in [2.24, 2.45) is 7.05 Å². The number of hydrogen-bond donors (Lipinski definition) is 1. The lowest BCUT2D eigenvalue weighted by Crippen LogP contribution is -2.47. The first-order valence-corrected chi connectivity index (χ1v) is 13.1. The smallest absolute Gasteiger partial charge is 0.290 e. The van der Waals surface area contributed by atoms with Crippen LogP contribution in [0.2, 0.25) is 0 Å². The third-order valence-electron chi connectivity index (χ3n) is 7.07. The van der Waals surface area contributed by atoms with E-state index in [1.165, 1.54) is 10.9 Å². The molecule has 0 radical (unpaired) electrons. The van der Waals surface area contributed by atoms with Gasteiger partial charge in [-0.15, -0.1) is 0 Å². The van der Waals surface area contributed by atoms with Crippen molar-refractivity contribution < 1.29 is 14.3 Å². The van der Waals surface area contributed by atoms with E-state index >= 15 is 0 Å². The summed E-state index contributed by atoms with van der Waals surface area (Å²) in [5.41, 5.74) is 2.76. The van der Waals surface area contributed by atoms with Crippen molar-refractivity contribution in [3.05, 3.63) is 70.1 Å². The second kappa shape index (κ2) is 11.7. The van der Waals surface area contributed by atoms with E-state index in [4.69, 9.17) is 4.74 Å². The highest BCUT2D eigenvalue weighted by atomic mass is 16.5. The zero-order valence-electron chi connectivity index (χ0n) is 22.3. The molecule has 11 nitrogen and oxygen atoms in total. The number of nitrogens with zero attached hydrogens (tertiary/aromatic N) is 6. The zero-order chi connectivity index (χ0) is 27.4. The van der Waals surface area contributed by atoms with E-state index in [2.05, 4.69) is 27.3 Å². The SMILES string of the molecule is CN1CCN(C(=O)Cc2cccc(-c3cc(Nc4ccc(C(=O)N5CCOCC5)cn4)c(=O)n(C)n3)c2)CC1. The number of likely N-dealkylation sites (N-methyl/N-ethyl adjacent to an activating group) is 1. The number of anilines is 2. The van der Waals surface area contributed by atoms with Crippen molar-refractivity contribution in [2.75, 3.05) is 64.8 Å². The molecule has 0 bridgehead atoms. The second-order valence-electron chi connectivity index (χ2n) is 9.89. The van der Waals surface area contributed by atoms with Crippen LogP contribution in [0.4, 0.5) is 11.5 Å². The van der Waals surface area contributed by atoms with Crippen LogP contribution in [0, 0.1) is 0 Å². The maximum absolute atomic E-state index is 12.8. The number of carbonyl (C=O) groups is 2. The molecule has 2 aliphatic rings. The summed E-state index contributed by atoms with van der Waals surface area (Å²) in [4.78, 5) is 48.6. The summed E-state index contributed by atoms with van der Waals surface area (Å²) in [6.45, 7) is 5.41. The zero-order valence-corrected chi connectivity index (χ0v) is 22.3. The van der Waals surface area contributed by atoms with Crippen LogP contribution in [0.15, 0.2) is 53.5 Å². The molecule has 39 heavy (non-hydrogen) atoms. The van der Waals surface area contributed by atoms with Gasteiger partial charge in [-0.1, -0.05) is 18.2 Å². The van der Waals surface area contributed by atoms with E-state index in [1.54, 1.807) is 30.1 Å². The number of benzene rings is 1. The van der Waals surface area contributed by atoms with Crippen LogP contribution in [-0.2, 0) is 23.0 Å². The Labute approximate surface area is 227 Å². The lowest BCUT2D eigenvalue weighted by atomic mass is 10.0. The Morgan fingerprint density at radius 3 is 2.44 bits per heavy atom. The quantitative estimate of drug-likeness (QED) is 0.508. The molecule has 204 valence electrons. The predicted molar refractivity (Wildman–Crippen MR) is 147 cm³/mol. The number of rotatable bonds is 6. The molecule has 0 atom stereocenters. The molecule has 2 saturated heterocycles. The number of pyridine rings is 1. The van der Waals surface area contributed by atoms with E-state index in [0.29, 0.717) is 55.5 Å². The molecule has 5 rings (SSSR count). The maximum Gasteiger partial charge on any atom is 0.290 e. The Morgan fingerprint density at radius 2 is 1.72 bits per heavy atom. The standard InChI is InChI=1S/C28H33N7O4/c1-32-8-10-34(11-9-32)26(36)17-20-4-3-5-21(16-20)23-18-24(28(38)33(2)31-23)30-25-7-6-22(19-29-25)27(37)35-12-14-39-15-13-35/h3-7,16,18-19H,8-15,17H2,1-2H3,(H,29,30). The number of nitrogens with one attached hydrogen (secondary N) is 1. The van der Waals surface area contributed by atoms with Gasteiger partial charge in [0.25, 0.3) is 11.5 Å². The molecule has 2 fully saturated rings. The average molecular weight is 532 g/mol. The van der Waals surface area contributed by atoms with Gasteiger partial charge >= 0.3 is 0 Å². The lowest BCUT2D eigenvalue weighted by Gasteiger charge is -2.32. The van der Waals surface area contributed by atoms with Crippen LogP contribution >= 0.6 is 0 Å². The highest BCUT2D eigenvalue weighted by Crippen LogP contribution is 2.22. The van der Waals surface area contributed by atoms with Crippen LogP contribution in [0.25, 0.3) is 11.3 Å². The summed E-state index contributed by atoms with van der Waals surface area (Å²) in [7, 11) is 3.66. The molecule has 4 heterocycles. The van der Waals surface area contributed by atoms with Gasteiger partial charge in [-0.05, 0) is 36.9 Å². The Kier molecular flexibility index (Phi) is 7.99. The monoisotopic (exact) mass is 531 g/mol.